The van der Waals surface area contributed by atoms with Crippen LogP contribution in [0.15, 0.2) is 24.3 Å². The molecule has 25 heavy (non-hydrogen) atoms. The number of benzene rings is 1. The van der Waals surface area contributed by atoms with E-state index in [4.69, 9.17) is 11.6 Å². The fourth-order valence-electron chi connectivity index (χ4n) is 2.41. The second kappa shape index (κ2) is 7.02. The van der Waals surface area contributed by atoms with Crippen LogP contribution in [0, 0.1) is 6.92 Å². The first-order valence-corrected chi connectivity index (χ1v) is 8.08. The molecule has 0 spiro atoms. The molecule has 1 aliphatic rings. The summed E-state index contributed by atoms with van der Waals surface area (Å²) in [6.07, 6.45) is 0.149. The number of carbonyl (C=O) groups excluding carboxylic acids is 2. The molecule has 9 heteroatoms. The zero-order valence-corrected chi connectivity index (χ0v) is 14.5. The zero-order chi connectivity index (χ0) is 18.0. The number of carbonyl (C=O) groups is 2. The maximum Gasteiger partial charge on any atom is 0.324 e. The number of amides is 3. The van der Waals surface area contributed by atoms with Crippen LogP contribution in [0.4, 0.5) is 10.7 Å². The Morgan fingerprint density at radius 3 is 2.56 bits per heavy atom. The molecule has 3 amide bonds. The number of anilines is 1. The number of aryl methyl sites for hydroxylation is 1. The van der Waals surface area contributed by atoms with Crippen LogP contribution in [0.25, 0.3) is 0 Å². The molecule has 1 aromatic carbocycles. The number of hydrogen-bond acceptors (Lipinski definition) is 6. The van der Waals surface area contributed by atoms with Gasteiger partial charge in [-0.25, -0.2) is 9.78 Å². The van der Waals surface area contributed by atoms with Gasteiger partial charge in [0.1, 0.15) is 11.9 Å². The Hall–Kier alpha value is -2.74. The zero-order valence-electron chi connectivity index (χ0n) is 13.8. The predicted octanol–water partition coefficient (Wildman–Crippen LogP) is 1.54. The molecule has 130 valence electrons. The van der Waals surface area contributed by atoms with Crippen LogP contribution < -0.4 is 10.6 Å². The summed E-state index contributed by atoms with van der Waals surface area (Å²) >= 11 is 5.95. The fourth-order valence-corrected chi connectivity index (χ4v) is 2.59. The lowest BCUT2D eigenvalue weighted by atomic mass is 10.1. The molecule has 2 N–H and O–H groups in total. The van der Waals surface area contributed by atoms with Gasteiger partial charge in [0.2, 0.25) is 11.2 Å². The standard InChI is InChI=1S/C16H17ClN6O2/c1-9-3-5-10(6-4-9)8-18-15-21-12(20-14(17)22-15)7-11-13(24)23(2)16(25)19-11/h3-6,11H,7-8H2,1-2H3,(H,19,25)(H,18,20,21,22). The Morgan fingerprint density at radius 1 is 1.20 bits per heavy atom. The fraction of sp³-hybridized carbons (Fsp3) is 0.312. The molecule has 3 rings (SSSR count). The summed E-state index contributed by atoms with van der Waals surface area (Å²) in [5.74, 6) is 0.330. The van der Waals surface area contributed by atoms with E-state index in [1.807, 2.05) is 31.2 Å². The molecule has 1 atom stereocenters. The Morgan fingerprint density at radius 2 is 1.92 bits per heavy atom. The Bertz CT molecular complexity index is 811. The molecule has 1 saturated heterocycles. The summed E-state index contributed by atoms with van der Waals surface area (Å²) in [7, 11) is 1.42. The van der Waals surface area contributed by atoms with Gasteiger partial charge in [-0.15, -0.1) is 0 Å². The van der Waals surface area contributed by atoms with Crippen molar-refractivity contribution in [2.45, 2.75) is 25.9 Å². The number of rotatable bonds is 5. The van der Waals surface area contributed by atoms with E-state index in [1.165, 1.54) is 12.6 Å². The molecule has 1 unspecified atom stereocenters. The minimum absolute atomic E-state index is 0.0292. The Labute approximate surface area is 149 Å². The summed E-state index contributed by atoms with van der Waals surface area (Å²) < 4.78 is 0. The third kappa shape index (κ3) is 4.03. The highest BCUT2D eigenvalue weighted by molar-refractivity contribution is 6.28. The van der Waals surface area contributed by atoms with Crippen molar-refractivity contribution in [2.75, 3.05) is 12.4 Å². The normalized spacial score (nSPS) is 16.9. The SMILES string of the molecule is Cc1ccc(CNc2nc(Cl)nc(CC3NC(=O)N(C)C3=O)n2)cc1. The second-order valence-corrected chi connectivity index (χ2v) is 6.12. The highest BCUT2D eigenvalue weighted by Gasteiger charge is 2.35. The van der Waals surface area contributed by atoms with E-state index in [0.29, 0.717) is 18.3 Å². The Kier molecular flexibility index (Phi) is 4.80. The molecular weight excluding hydrogens is 344 g/mol. The van der Waals surface area contributed by atoms with Crippen molar-refractivity contribution in [3.05, 3.63) is 46.5 Å². The predicted molar refractivity (Wildman–Crippen MR) is 92.1 cm³/mol. The van der Waals surface area contributed by atoms with Crippen LogP contribution in [-0.4, -0.2) is 44.9 Å². The first-order chi connectivity index (χ1) is 11.9. The van der Waals surface area contributed by atoms with Crippen molar-refractivity contribution < 1.29 is 9.59 Å². The summed E-state index contributed by atoms with van der Waals surface area (Å²) in [4.78, 5) is 36.8. The third-order valence-electron chi connectivity index (χ3n) is 3.84. The third-order valence-corrected chi connectivity index (χ3v) is 4.01. The van der Waals surface area contributed by atoms with Gasteiger partial charge in [0.05, 0.1) is 0 Å². The number of halogens is 1. The van der Waals surface area contributed by atoms with Crippen molar-refractivity contribution >= 4 is 29.5 Å². The van der Waals surface area contributed by atoms with Gasteiger partial charge in [-0.2, -0.15) is 9.97 Å². The van der Waals surface area contributed by atoms with Crippen molar-refractivity contribution in [1.82, 2.24) is 25.2 Å². The van der Waals surface area contributed by atoms with E-state index in [-0.39, 0.29) is 17.6 Å². The molecule has 0 saturated carbocycles. The van der Waals surface area contributed by atoms with Crippen LogP contribution in [0.1, 0.15) is 17.0 Å². The van der Waals surface area contributed by atoms with E-state index in [9.17, 15) is 9.59 Å². The van der Waals surface area contributed by atoms with Crippen molar-refractivity contribution in [3.63, 3.8) is 0 Å². The molecule has 1 aromatic heterocycles. The van der Waals surface area contributed by atoms with E-state index >= 15 is 0 Å². The van der Waals surface area contributed by atoms with E-state index < -0.39 is 12.1 Å². The second-order valence-electron chi connectivity index (χ2n) is 5.79. The highest BCUT2D eigenvalue weighted by atomic mass is 35.5. The molecule has 0 radical (unpaired) electrons. The quantitative estimate of drug-likeness (QED) is 0.784. The molecule has 1 fully saturated rings. The average Bonchev–Trinajstić information content (AvgIpc) is 2.81. The lowest BCUT2D eigenvalue weighted by Gasteiger charge is -2.09. The lowest BCUT2D eigenvalue weighted by Crippen LogP contribution is -2.32. The number of urea groups is 1. The number of hydrogen-bond donors (Lipinski definition) is 2. The summed E-state index contributed by atoms with van der Waals surface area (Å²) in [5.41, 5.74) is 2.26. The molecular formula is C16H17ClN6O2. The first kappa shape index (κ1) is 17.1. The molecule has 8 nitrogen and oxygen atoms in total. The summed E-state index contributed by atoms with van der Waals surface area (Å²) in [6.45, 7) is 2.55. The van der Waals surface area contributed by atoms with E-state index in [1.54, 1.807) is 0 Å². The van der Waals surface area contributed by atoms with Crippen LogP contribution in [0.5, 0.6) is 0 Å². The number of imide groups is 1. The van der Waals surface area contributed by atoms with Crippen LogP contribution in [0.3, 0.4) is 0 Å². The smallest absolute Gasteiger partial charge is 0.324 e. The summed E-state index contributed by atoms with van der Waals surface area (Å²) in [6, 6.07) is 6.93. The minimum atomic E-state index is -0.694. The Balaban J connectivity index is 1.69. The molecule has 1 aliphatic heterocycles. The van der Waals surface area contributed by atoms with Gasteiger partial charge < -0.3 is 10.6 Å². The molecule has 2 heterocycles. The van der Waals surface area contributed by atoms with Crippen LogP contribution >= 0.6 is 11.6 Å². The van der Waals surface area contributed by atoms with Gasteiger partial charge in [-0.05, 0) is 24.1 Å². The molecule has 2 aromatic rings. The largest absolute Gasteiger partial charge is 0.350 e. The van der Waals surface area contributed by atoms with E-state index in [0.717, 1.165) is 10.5 Å². The van der Waals surface area contributed by atoms with Gasteiger partial charge in [0, 0.05) is 20.0 Å². The minimum Gasteiger partial charge on any atom is -0.350 e. The van der Waals surface area contributed by atoms with Crippen molar-refractivity contribution in [1.29, 1.82) is 0 Å². The lowest BCUT2D eigenvalue weighted by molar-refractivity contribution is -0.126. The van der Waals surface area contributed by atoms with Crippen LogP contribution in [0.2, 0.25) is 5.28 Å². The topological polar surface area (TPSA) is 100 Å². The monoisotopic (exact) mass is 360 g/mol. The first-order valence-electron chi connectivity index (χ1n) is 7.70. The van der Waals surface area contributed by atoms with Gasteiger partial charge in [-0.3, -0.25) is 9.69 Å². The number of aromatic nitrogens is 3. The van der Waals surface area contributed by atoms with Gasteiger partial charge in [-0.1, -0.05) is 29.8 Å². The number of nitrogens with zero attached hydrogens (tertiary/aromatic N) is 4. The maximum atomic E-state index is 12.0. The average molecular weight is 361 g/mol. The van der Waals surface area contributed by atoms with Crippen molar-refractivity contribution in [3.8, 4) is 0 Å². The number of nitrogens with one attached hydrogen (secondary N) is 2. The van der Waals surface area contributed by atoms with Gasteiger partial charge in [0.15, 0.2) is 0 Å². The summed E-state index contributed by atoms with van der Waals surface area (Å²) in [5, 5.41) is 5.69. The molecule has 0 aliphatic carbocycles. The highest BCUT2D eigenvalue weighted by Crippen LogP contribution is 2.13. The van der Waals surface area contributed by atoms with Crippen molar-refractivity contribution in [2.24, 2.45) is 0 Å². The van der Waals surface area contributed by atoms with E-state index in [2.05, 4.69) is 25.6 Å². The van der Waals surface area contributed by atoms with Gasteiger partial charge in [0.25, 0.3) is 5.91 Å². The van der Waals surface area contributed by atoms with Crippen LogP contribution in [-0.2, 0) is 17.8 Å². The number of likely N-dealkylation sites (N-methyl/N-ethyl adjacent to an activating group) is 1. The maximum absolute atomic E-state index is 12.0. The molecule has 0 bridgehead atoms. The van der Waals surface area contributed by atoms with Gasteiger partial charge >= 0.3 is 6.03 Å².